The molecule has 1 aromatic rings. The van der Waals surface area contributed by atoms with E-state index < -0.39 is 35.4 Å². The molecule has 2 aliphatic rings. The van der Waals surface area contributed by atoms with Crippen molar-refractivity contribution < 1.29 is 19.1 Å². The van der Waals surface area contributed by atoms with Crippen LogP contribution in [0, 0.1) is 5.92 Å². The predicted octanol–water partition coefficient (Wildman–Crippen LogP) is 0.216. The summed E-state index contributed by atoms with van der Waals surface area (Å²) >= 11 is 0. The summed E-state index contributed by atoms with van der Waals surface area (Å²) in [5.41, 5.74) is 10.7. The van der Waals surface area contributed by atoms with Gasteiger partial charge in [-0.2, -0.15) is 0 Å². The molecular formula is C18H24N4O4. The van der Waals surface area contributed by atoms with Gasteiger partial charge in [-0.3, -0.25) is 14.4 Å². The van der Waals surface area contributed by atoms with Crippen LogP contribution >= 0.6 is 0 Å². The fourth-order valence-corrected chi connectivity index (χ4v) is 3.57. The number of primary amides is 1. The monoisotopic (exact) mass is 360 g/mol. The Kier molecular flexibility index (Phi) is 4.62. The Bertz CT molecular complexity index is 750. The van der Waals surface area contributed by atoms with Crippen LogP contribution in [0.3, 0.4) is 0 Å². The normalized spacial score (nSPS) is 25.6. The SMILES string of the molecule is CC(C)C[C@H](N)C(=O)N1CC2(CC1C(N)=O)Oc1ccccc1NC2=O. The zero-order chi connectivity index (χ0) is 19.1. The highest BCUT2D eigenvalue weighted by molar-refractivity contribution is 6.03. The van der Waals surface area contributed by atoms with E-state index in [0.29, 0.717) is 17.9 Å². The minimum absolute atomic E-state index is 0.00262. The number of carbonyl (C=O) groups excluding carboxylic acids is 3. The first kappa shape index (κ1) is 18.2. The zero-order valence-electron chi connectivity index (χ0n) is 14.9. The second-order valence-electron chi connectivity index (χ2n) is 7.37. The molecule has 1 saturated heterocycles. The number of hydrogen-bond donors (Lipinski definition) is 3. The second-order valence-corrected chi connectivity index (χ2v) is 7.37. The summed E-state index contributed by atoms with van der Waals surface area (Å²) in [5.74, 6) is -0.748. The number of para-hydroxylation sites is 2. The van der Waals surface area contributed by atoms with Crippen molar-refractivity contribution >= 4 is 23.4 Å². The van der Waals surface area contributed by atoms with Crippen LogP contribution in [-0.4, -0.2) is 46.9 Å². The lowest BCUT2D eigenvalue weighted by Gasteiger charge is -2.34. The van der Waals surface area contributed by atoms with Gasteiger partial charge in [-0.05, 0) is 24.5 Å². The quantitative estimate of drug-likeness (QED) is 0.707. The van der Waals surface area contributed by atoms with Crippen LogP contribution in [0.15, 0.2) is 24.3 Å². The molecule has 0 aliphatic carbocycles. The third kappa shape index (κ3) is 3.12. The maximum absolute atomic E-state index is 12.8. The minimum atomic E-state index is -1.35. The molecule has 5 N–H and O–H groups in total. The molecule has 1 aromatic carbocycles. The van der Waals surface area contributed by atoms with Crippen molar-refractivity contribution in [2.75, 3.05) is 11.9 Å². The summed E-state index contributed by atoms with van der Waals surface area (Å²) in [6, 6.07) is 5.32. The van der Waals surface area contributed by atoms with Gasteiger partial charge in [-0.25, -0.2) is 0 Å². The fraction of sp³-hybridized carbons (Fsp3) is 0.500. The highest BCUT2D eigenvalue weighted by Crippen LogP contribution is 2.40. The Hall–Kier alpha value is -2.61. The van der Waals surface area contributed by atoms with Crippen LogP contribution in [0.4, 0.5) is 5.69 Å². The van der Waals surface area contributed by atoms with Crippen molar-refractivity contribution in [3.05, 3.63) is 24.3 Å². The Morgan fingerprint density at radius 1 is 1.38 bits per heavy atom. The van der Waals surface area contributed by atoms with Crippen LogP contribution in [0.2, 0.25) is 0 Å². The predicted molar refractivity (Wildman–Crippen MR) is 95.2 cm³/mol. The Morgan fingerprint density at radius 2 is 2.08 bits per heavy atom. The smallest absolute Gasteiger partial charge is 0.270 e. The maximum Gasteiger partial charge on any atom is 0.270 e. The summed E-state index contributed by atoms with van der Waals surface area (Å²) < 4.78 is 5.96. The number of nitrogens with one attached hydrogen (secondary N) is 1. The summed E-state index contributed by atoms with van der Waals surface area (Å²) in [4.78, 5) is 38.7. The number of benzene rings is 1. The standard InChI is InChI=1S/C18H24N4O4/c1-10(2)7-11(19)16(24)22-9-18(8-13(22)15(20)23)17(25)21-12-5-3-4-6-14(12)26-18/h3-6,10-11,13H,7-9,19H2,1-2H3,(H2,20,23)(H,21,25)/t11-,13?,18?/m0/s1. The molecular weight excluding hydrogens is 336 g/mol. The molecule has 8 heteroatoms. The summed E-state index contributed by atoms with van der Waals surface area (Å²) in [6.45, 7) is 3.85. The first-order chi connectivity index (χ1) is 12.2. The lowest BCUT2D eigenvalue weighted by molar-refractivity contribution is -0.139. The van der Waals surface area contributed by atoms with Crippen LogP contribution in [0.1, 0.15) is 26.7 Å². The van der Waals surface area contributed by atoms with Gasteiger partial charge in [0.15, 0.2) is 0 Å². The van der Waals surface area contributed by atoms with Crippen LogP contribution < -0.4 is 21.5 Å². The molecule has 3 rings (SSSR count). The van der Waals surface area contributed by atoms with Crippen molar-refractivity contribution in [3.63, 3.8) is 0 Å². The number of hydrogen-bond acceptors (Lipinski definition) is 5. The highest BCUT2D eigenvalue weighted by Gasteiger charge is 2.56. The van der Waals surface area contributed by atoms with Gasteiger partial charge in [0, 0.05) is 6.42 Å². The van der Waals surface area contributed by atoms with E-state index in [-0.39, 0.29) is 18.9 Å². The van der Waals surface area contributed by atoms with Gasteiger partial charge in [0.05, 0.1) is 18.3 Å². The number of amides is 3. The molecule has 1 fully saturated rings. The zero-order valence-corrected chi connectivity index (χ0v) is 14.9. The second kappa shape index (κ2) is 6.60. The van der Waals surface area contributed by atoms with Crippen LogP contribution in [0.5, 0.6) is 5.75 Å². The van der Waals surface area contributed by atoms with E-state index in [1.54, 1.807) is 24.3 Å². The molecule has 2 aliphatic heterocycles. The van der Waals surface area contributed by atoms with Gasteiger partial charge in [-0.1, -0.05) is 26.0 Å². The van der Waals surface area contributed by atoms with Crippen LogP contribution in [-0.2, 0) is 14.4 Å². The maximum atomic E-state index is 12.8. The number of carbonyl (C=O) groups is 3. The van der Waals surface area contributed by atoms with E-state index in [0.717, 1.165) is 0 Å². The molecule has 0 aromatic heterocycles. The first-order valence-electron chi connectivity index (χ1n) is 8.68. The minimum Gasteiger partial charge on any atom is -0.473 e. The van der Waals surface area contributed by atoms with Crippen molar-refractivity contribution in [2.45, 2.75) is 44.4 Å². The van der Waals surface area contributed by atoms with Crippen LogP contribution in [0.25, 0.3) is 0 Å². The molecule has 3 atom stereocenters. The highest BCUT2D eigenvalue weighted by atomic mass is 16.5. The van der Waals surface area contributed by atoms with Gasteiger partial charge >= 0.3 is 0 Å². The lowest BCUT2D eigenvalue weighted by Crippen LogP contribution is -2.54. The average molecular weight is 360 g/mol. The number of nitrogens with two attached hydrogens (primary N) is 2. The number of ether oxygens (including phenoxy) is 1. The number of rotatable bonds is 4. The molecule has 0 radical (unpaired) electrons. The van der Waals surface area contributed by atoms with Gasteiger partial charge in [-0.15, -0.1) is 0 Å². The molecule has 0 bridgehead atoms. The average Bonchev–Trinajstić information content (AvgIpc) is 2.95. The van der Waals surface area contributed by atoms with Gasteiger partial charge in [0.25, 0.3) is 5.91 Å². The van der Waals surface area contributed by atoms with E-state index in [2.05, 4.69) is 5.32 Å². The largest absolute Gasteiger partial charge is 0.473 e. The number of likely N-dealkylation sites (tertiary alicyclic amines) is 1. The third-order valence-electron chi connectivity index (χ3n) is 4.83. The Morgan fingerprint density at radius 3 is 2.73 bits per heavy atom. The Balaban J connectivity index is 1.89. The molecule has 3 amide bonds. The molecule has 2 heterocycles. The van der Waals surface area contributed by atoms with E-state index >= 15 is 0 Å². The topological polar surface area (TPSA) is 128 Å². The summed E-state index contributed by atoms with van der Waals surface area (Å²) in [5, 5.41) is 2.79. The Labute approximate surface area is 151 Å². The molecule has 140 valence electrons. The number of nitrogens with zero attached hydrogens (tertiary/aromatic N) is 1. The lowest BCUT2D eigenvalue weighted by atomic mass is 9.96. The van der Waals surface area contributed by atoms with Gasteiger partial charge in [0.1, 0.15) is 11.8 Å². The summed E-state index contributed by atoms with van der Waals surface area (Å²) in [6.07, 6.45) is 0.479. The van der Waals surface area contributed by atoms with Crippen molar-refractivity contribution in [3.8, 4) is 5.75 Å². The number of anilines is 1. The third-order valence-corrected chi connectivity index (χ3v) is 4.83. The van der Waals surface area contributed by atoms with Gasteiger partial charge < -0.3 is 26.4 Å². The fourth-order valence-electron chi connectivity index (χ4n) is 3.57. The van der Waals surface area contributed by atoms with Gasteiger partial charge in [0.2, 0.25) is 17.4 Å². The van der Waals surface area contributed by atoms with E-state index in [9.17, 15) is 14.4 Å². The van der Waals surface area contributed by atoms with E-state index in [4.69, 9.17) is 16.2 Å². The summed E-state index contributed by atoms with van der Waals surface area (Å²) in [7, 11) is 0. The first-order valence-corrected chi connectivity index (χ1v) is 8.68. The van der Waals surface area contributed by atoms with Crippen molar-refractivity contribution in [1.82, 2.24) is 4.90 Å². The molecule has 1 spiro atoms. The van der Waals surface area contributed by atoms with Crippen molar-refractivity contribution in [1.29, 1.82) is 0 Å². The molecule has 2 unspecified atom stereocenters. The van der Waals surface area contributed by atoms with E-state index in [1.807, 2.05) is 13.8 Å². The molecule has 8 nitrogen and oxygen atoms in total. The molecule has 26 heavy (non-hydrogen) atoms. The number of fused-ring (bicyclic) bond motifs is 1. The van der Waals surface area contributed by atoms with E-state index in [1.165, 1.54) is 4.90 Å². The molecule has 0 saturated carbocycles. The van der Waals surface area contributed by atoms with Crippen molar-refractivity contribution in [2.24, 2.45) is 17.4 Å².